The molecule has 1 heterocycles. The number of hydrogen-bond acceptors (Lipinski definition) is 5. The van der Waals surface area contributed by atoms with E-state index in [1.54, 1.807) is 18.3 Å². The van der Waals surface area contributed by atoms with Crippen LogP contribution in [0.25, 0.3) is 10.8 Å². The lowest BCUT2D eigenvalue weighted by atomic mass is 10.1. The van der Waals surface area contributed by atoms with Gasteiger partial charge in [-0.3, -0.25) is 9.78 Å². The number of pyridine rings is 1. The summed E-state index contributed by atoms with van der Waals surface area (Å²) in [6.45, 7) is 0. The van der Waals surface area contributed by atoms with Gasteiger partial charge in [-0.25, -0.2) is 0 Å². The minimum atomic E-state index is -0.214. The number of anilines is 1. The van der Waals surface area contributed by atoms with Gasteiger partial charge in [0.15, 0.2) is 11.5 Å². The average Bonchev–Trinajstić information content (AvgIpc) is 3.30. The number of methoxy groups -OCH3 is 2. The molecule has 2 aromatic rings. The normalized spacial score (nSPS) is 14.0. The van der Waals surface area contributed by atoms with Gasteiger partial charge in [-0.1, -0.05) is 0 Å². The van der Waals surface area contributed by atoms with Crippen LogP contribution >= 0.6 is 0 Å². The summed E-state index contributed by atoms with van der Waals surface area (Å²) in [7, 11) is 3.06. The molecule has 21 heavy (non-hydrogen) atoms. The second-order valence-corrected chi connectivity index (χ2v) is 5.03. The number of nitrogens with zero attached hydrogens (tertiary/aromatic N) is 1. The highest BCUT2D eigenvalue weighted by molar-refractivity contribution is 6.11. The van der Waals surface area contributed by atoms with Gasteiger partial charge < -0.3 is 20.5 Å². The molecule has 0 atom stereocenters. The summed E-state index contributed by atoms with van der Waals surface area (Å²) in [6.07, 6.45) is 3.60. The van der Waals surface area contributed by atoms with Crippen molar-refractivity contribution in [3.8, 4) is 11.5 Å². The van der Waals surface area contributed by atoms with Gasteiger partial charge in [0.05, 0.1) is 19.6 Å². The second kappa shape index (κ2) is 5.12. The van der Waals surface area contributed by atoms with E-state index in [0.29, 0.717) is 28.3 Å². The maximum atomic E-state index is 12.4. The SMILES string of the molecule is COc1cc(N)c2ccnc(C(=O)NC3CC3)c2c1OC. The Morgan fingerprint density at radius 3 is 2.76 bits per heavy atom. The highest BCUT2D eigenvalue weighted by Crippen LogP contribution is 2.40. The van der Waals surface area contributed by atoms with Crippen LogP contribution in [-0.2, 0) is 0 Å². The first-order valence-electron chi connectivity index (χ1n) is 6.75. The summed E-state index contributed by atoms with van der Waals surface area (Å²) in [4.78, 5) is 16.6. The molecule has 110 valence electrons. The number of carbonyl (C=O) groups is 1. The maximum absolute atomic E-state index is 12.4. The third kappa shape index (κ3) is 2.33. The second-order valence-electron chi connectivity index (χ2n) is 5.03. The number of ether oxygens (including phenoxy) is 2. The maximum Gasteiger partial charge on any atom is 0.270 e. The molecular weight excluding hydrogens is 270 g/mol. The molecule has 0 radical (unpaired) electrons. The van der Waals surface area contributed by atoms with E-state index in [0.717, 1.165) is 18.2 Å². The first-order chi connectivity index (χ1) is 10.2. The molecule has 0 spiro atoms. The third-order valence-corrected chi connectivity index (χ3v) is 3.55. The average molecular weight is 287 g/mol. The number of fused-ring (bicyclic) bond motifs is 1. The predicted octanol–water partition coefficient (Wildman–Crippen LogP) is 1.73. The van der Waals surface area contributed by atoms with Gasteiger partial charge in [-0.05, 0) is 18.9 Å². The van der Waals surface area contributed by atoms with Crippen molar-refractivity contribution in [1.82, 2.24) is 10.3 Å². The van der Waals surface area contributed by atoms with Crippen LogP contribution in [0.4, 0.5) is 5.69 Å². The van der Waals surface area contributed by atoms with Gasteiger partial charge in [0.1, 0.15) is 5.69 Å². The Morgan fingerprint density at radius 2 is 2.14 bits per heavy atom. The van der Waals surface area contributed by atoms with Crippen molar-refractivity contribution in [2.75, 3.05) is 20.0 Å². The molecule has 1 aliphatic carbocycles. The van der Waals surface area contributed by atoms with E-state index in [1.807, 2.05) is 0 Å². The molecule has 3 rings (SSSR count). The fraction of sp³-hybridized carbons (Fsp3) is 0.333. The van der Waals surface area contributed by atoms with E-state index in [1.165, 1.54) is 14.2 Å². The minimum absolute atomic E-state index is 0.214. The highest BCUT2D eigenvalue weighted by atomic mass is 16.5. The van der Waals surface area contributed by atoms with Crippen molar-refractivity contribution in [1.29, 1.82) is 0 Å². The quantitative estimate of drug-likeness (QED) is 0.836. The molecule has 6 heteroatoms. The molecule has 1 aromatic carbocycles. The summed E-state index contributed by atoms with van der Waals surface area (Å²) >= 11 is 0. The van der Waals surface area contributed by atoms with Gasteiger partial charge in [0, 0.05) is 29.4 Å². The van der Waals surface area contributed by atoms with Crippen LogP contribution in [0.15, 0.2) is 18.3 Å². The zero-order valence-corrected chi connectivity index (χ0v) is 12.0. The van der Waals surface area contributed by atoms with Crippen LogP contribution in [0.2, 0.25) is 0 Å². The molecule has 6 nitrogen and oxygen atoms in total. The van der Waals surface area contributed by atoms with Crippen molar-refractivity contribution in [3.63, 3.8) is 0 Å². The Bertz CT molecular complexity index is 711. The monoisotopic (exact) mass is 287 g/mol. The van der Waals surface area contributed by atoms with Crippen molar-refractivity contribution >= 4 is 22.4 Å². The van der Waals surface area contributed by atoms with Crippen molar-refractivity contribution in [3.05, 3.63) is 24.0 Å². The Morgan fingerprint density at radius 1 is 1.38 bits per heavy atom. The predicted molar refractivity (Wildman–Crippen MR) is 79.7 cm³/mol. The summed E-state index contributed by atoms with van der Waals surface area (Å²) < 4.78 is 10.7. The van der Waals surface area contributed by atoms with Crippen LogP contribution in [-0.4, -0.2) is 31.2 Å². The van der Waals surface area contributed by atoms with E-state index < -0.39 is 0 Å². The van der Waals surface area contributed by atoms with Crippen LogP contribution in [0, 0.1) is 0 Å². The number of nitrogens with one attached hydrogen (secondary N) is 1. The molecule has 1 aliphatic rings. The smallest absolute Gasteiger partial charge is 0.270 e. The van der Waals surface area contributed by atoms with Gasteiger partial charge in [0.2, 0.25) is 0 Å². The lowest BCUT2D eigenvalue weighted by molar-refractivity contribution is 0.0947. The number of rotatable bonds is 4. The van der Waals surface area contributed by atoms with Crippen LogP contribution in [0.3, 0.4) is 0 Å². The van der Waals surface area contributed by atoms with E-state index in [9.17, 15) is 4.79 Å². The number of benzene rings is 1. The summed E-state index contributed by atoms with van der Waals surface area (Å²) in [5.74, 6) is 0.737. The Balaban J connectivity index is 2.23. The van der Waals surface area contributed by atoms with Crippen LogP contribution < -0.4 is 20.5 Å². The van der Waals surface area contributed by atoms with Gasteiger partial charge >= 0.3 is 0 Å². The Kier molecular flexibility index (Phi) is 3.29. The number of aromatic nitrogens is 1. The minimum Gasteiger partial charge on any atom is -0.493 e. The molecule has 1 saturated carbocycles. The molecular formula is C15H17N3O3. The van der Waals surface area contributed by atoms with Crippen LogP contribution in [0.5, 0.6) is 11.5 Å². The molecule has 0 bridgehead atoms. The molecule has 1 aromatic heterocycles. The topological polar surface area (TPSA) is 86.5 Å². The Hall–Kier alpha value is -2.50. The van der Waals surface area contributed by atoms with Crippen molar-refractivity contribution in [2.24, 2.45) is 0 Å². The van der Waals surface area contributed by atoms with E-state index in [2.05, 4.69) is 10.3 Å². The fourth-order valence-electron chi connectivity index (χ4n) is 2.35. The van der Waals surface area contributed by atoms with Gasteiger partial charge in [-0.2, -0.15) is 0 Å². The number of hydrogen-bond donors (Lipinski definition) is 2. The number of nitrogens with two attached hydrogens (primary N) is 1. The Labute approximate surface area is 122 Å². The van der Waals surface area contributed by atoms with E-state index in [4.69, 9.17) is 15.2 Å². The third-order valence-electron chi connectivity index (χ3n) is 3.55. The molecule has 0 saturated heterocycles. The first-order valence-corrected chi connectivity index (χ1v) is 6.75. The fourth-order valence-corrected chi connectivity index (χ4v) is 2.35. The van der Waals surface area contributed by atoms with Crippen molar-refractivity contribution < 1.29 is 14.3 Å². The molecule has 1 amide bonds. The number of carbonyl (C=O) groups excluding carboxylic acids is 1. The zero-order valence-electron chi connectivity index (χ0n) is 12.0. The lowest BCUT2D eigenvalue weighted by Gasteiger charge is -2.15. The molecule has 0 unspecified atom stereocenters. The largest absolute Gasteiger partial charge is 0.493 e. The summed E-state index contributed by atoms with van der Waals surface area (Å²) in [5.41, 5.74) is 6.87. The molecule has 1 fully saturated rings. The van der Waals surface area contributed by atoms with Crippen LogP contribution in [0.1, 0.15) is 23.3 Å². The molecule has 0 aliphatic heterocycles. The van der Waals surface area contributed by atoms with Gasteiger partial charge in [-0.15, -0.1) is 0 Å². The van der Waals surface area contributed by atoms with Gasteiger partial charge in [0.25, 0.3) is 5.91 Å². The first kappa shape index (κ1) is 13.5. The number of nitrogen functional groups attached to an aromatic ring is 1. The number of amides is 1. The summed E-state index contributed by atoms with van der Waals surface area (Å²) in [6, 6.07) is 3.70. The summed E-state index contributed by atoms with van der Waals surface area (Å²) in [5, 5.41) is 4.24. The van der Waals surface area contributed by atoms with Crippen molar-refractivity contribution in [2.45, 2.75) is 18.9 Å². The van der Waals surface area contributed by atoms with E-state index in [-0.39, 0.29) is 11.9 Å². The zero-order chi connectivity index (χ0) is 15.0. The lowest BCUT2D eigenvalue weighted by Crippen LogP contribution is -2.26. The standard InChI is InChI=1S/C15H17N3O3/c1-20-11-7-10(16)9-5-6-17-13(12(9)14(11)21-2)15(19)18-8-3-4-8/h5-8H,3-4,16H2,1-2H3,(H,18,19). The highest BCUT2D eigenvalue weighted by Gasteiger charge is 2.27. The molecule has 3 N–H and O–H groups in total. The van der Waals surface area contributed by atoms with E-state index >= 15 is 0 Å².